The van der Waals surface area contributed by atoms with E-state index >= 15 is 0 Å². The van der Waals surface area contributed by atoms with Gasteiger partial charge in [-0.2, -0.15) is 0 Å². The molecule has 0 aromatic heterocycles. The van der Waals surface area contributed by atoms with E-state index < -0.39 is 0 Å². The van der Waals surface area contributed by atoms with Crippen LogP contribution in [0.5, 0.6) is 0 Å². The first kappa shape index (κ1) is 19.5. The van der Waals surface area contributed by atoms with Gasteiger partial charge < -0.3 is 0 Å². The van der Waals surface area contributed by atoms with Gasteiger partial charge >= 0.3 is 0 Å². The first-order valence-corrected chi connectivity index (χ1v) is 10.8. The number of nitrogens with zero attached hydrogens (tertiary/aromatic N) is 1. The molecule has 0 unspecified atom stereocenters. The quantitative estimate of drug-likeness (QED) is 0.251. The predicted molar refractivity (Wildman–Crippen MR) is 99.5 cm³/mol. The molecule has 0 spiro atoms. The average molecular weight is 360 g/mol. The summed E-state index contributed by atoms with van der Waals surface area (Å²) >= 11 is 3.62. The van der Waals surface area contributed by atoms with E-state index in [2.05, 4.69) is 27.8 Å². The highest BCUT2D eigenvalue weighted by molar-refractivity contribution is 9.09. The standard InChI is InChI=1S/C19H38BrN/c1-2-3-4-5-6-7-8-9-10-13-17-21(18-16-20)19-14-11-12-15-19/h19H,2-18H2,1H3. The second-order valence-corrected chi connectivity index (χ2v) is 7.64. The minimum Gasteiger partial charge on any atom is -0.300 e. The SMILES string of the molecule is CCCCCCCCCCCCN(CCBr)C1CCCC1. The Bertz CT molecular complexity index is 214. The first-order valence-electron chi connectivity index (χ1n) is 9.68. The van der Waals surface area contributed by atoms with Gasteiger partial charge in [0, 0.05) is 17.9 Å². The van der Waals surface area contributed by atoms with Crippen molar-refractivity contribution in [2.24, 2.45) is 0 Å². The van der Waals surface area contributed by atoms with E-state index in [0.717, 1.165) is 11.4 Å². The first-order chi connectivity index (χ1) is 10.4. The van der Waals surface area contributed by atoms with Crippen LogP contribution in [0.15, 0.2) is 0 Å². The third-order valence-electron chi connectivity index (χ3n) is 5.01. The lowest BCUT2D eigenvalue weighted by Gasteiger charge is -2.28. The fourth-order valence-electron chi connectivity index (χ4n) is 3.66. The van der Waals surface area contributed by atoms with Crippen molar-refractivity contribution in [1.29, 1.82) is 0 Å². The van der Waals surface area contributed by atoms with Crippen LogP contribution in [-0.2, 0) is 0 Å². The topological polar surface area (TPSA) is 3.24 Å². The van der Waals surface area contributed by atoms with Gasteiger partial charge in [0.1, 0.15) is 0 Å². The van der Waals surface area contributed by atoms with Gasteiger partial charge in [-0.05, 0) is 25.8 Å². The maximum absolute atomic E-state index is 3.62. The van der Waals surface area contributed by atoms with Crippen molar-refractivity contribution in [2.45, 2.75) is 103 Å². The summed E-state index contributed by atoms with van der Waals surface area (Å²) in [5, 5.41) is 1.14. The number of unbranched alkanes of at least 4 members (excludes halogenated alkanes) is 9. The van der Waals surface area contributed by atoms with Crippen molar-refractivity contribution in [3.05, 3.63) is 0 Å². The summed E-state index contributed by atoms with van der Waals surface area (Å²) in [6, 6.07) is 0.904. The zero-order valence-corrected chi connectivity index (χ0v) is 16.0. The van der Waals surface area contributed by atoms with E-state index in [1.54, 1.807) is 0 Å². The van der Waals surface area contributed by atoms with Gasteiger partial charge in [0.25, 0.3) is 0 Å². The zero-order valence-electron chi connectivity index (χ0n) is 14.4. The molecule has 0 aromatic carbocycles. The molecule has 1 aliphatic rings. The third kappa shape index (κ3) is 9.94. The van der Waals surface area contributed by atoms with Crippen molar-refractivity contribution in [3.63, 3.8) is 0 Å². The zero-order chi connectivity index (χ0) is 15.2. The molecular weight excluding hydrogens is 322 g/mol. The third-order valence-corrected chi connectivity index (χ3v) is 5.37. The molecule has 1 fully saturated rings. The Labute approximate surface area is 142 Å². The van der Waals surface area contributed by atoms with Gasteiger partial charge in [0.15, 0.2) is 0 Å². The van der Waals surface area contributed by atoms with Crippen molar-refractivity contribution >= 4 is 15.9 Å². The van der Waals surface area contributed by atoms with E-state index in [0.29, 0.717) is 0 Å². The van der Waals surface area contributed by atoms with Gasteiger partial charge in [-0.15, -0.1) is 0 Å². The molecule has 1 rings (SSSR count). The second-order valence-electron chi connectivity index (χ2n) is 6.85. The van der Waals surface area contributed by atoms with Gasteiger partial charge in [-0.25, -0.2) is 0 Å². The van der Waals surface area contributed by atoms with Crippen LogP contribution in [0.2, 0.25) is 0 Å². The fourth-order valence-corrected chi connectivity index (χ4v) is 4.11. The highest BCUT2D eigenvalue weighted by atomic mass is 79.9. The van der Waals surface area contributed by atoms with E-state index in [-0.39, 0.29) is 0 Å². The highest BCUT2D eigenvalue weighted by Crippen LogP contribution is 2.24. The molecule has 1 saturated carbocycles. The lowest BCUT2D eigenvalue weighted by atomic mass is 10.1. The Hall–Kier alpha value is 0.440. The summed E-state index contributed by atoms with van der Waals surface area (Å²) in [7, 11) is 0. The summed E-state index contributed by atoms with van der Waals surface area (Å²) in [5.74, 6) is 0. The summed E-state index contributed by atoms with van der Waals surface area (Å²) in [4.78, 5) is 2.76. The van der Waals surface area contributed by atoms with Crippen LogP contribution < -0.4 is 0 Å². The minimum absolute atomic E-state index is 0.904. The number of hydrogen-bond donors (Lipinski definition) is 0. The van der Waals surface area contributed by atoms with Gasteiger partial charge in [-0.3, -0.25) is 4.90 Å². The molecule has 2 heteroatoms. The Kier molecular flexibility index (Phi) is 13.0. The normalized spacial score (nSPS) is 16.1. The Morgan fingerprint density at radius 3 is 1.81 bits per heavy atom. The molecule has 126 valence electrons. The lowest BCUT2D eigenvalue weighted by Crippen LogP contribution is -2.35. The van der Waals surface area contributed by atoms with E-state index in [1.807, 2.05) is 0 Å². The second kappa shape index (κ2) is 14.1. The summed E-state index contributed by atoms with van der Waals surface area (Å²) in [6.07, 6.45) is 20.3. The number of alkyl halides is 1. The number of halogens is 1. The monoisotopic (exact) mass is 359 g/mol. The summed E-state index contributed by atoms with van der Waals surface area (Å²) in [6.45, 7) is 4.89. The van der Waals surface area contributed by atoms with Crippen LogP contribution in [0.4, 0.5) is 0 Å². The van der Waals surface area contributed by atoms with Crippen LogP contribution >= 0.6 is 15.9 Å². The maximum atomic E-state index is 3.62. The van der Waals surface area contributed by atoms with Crippen molar-refractivity contribution in [1.82, 2.24) is 4.90 Å². The number of rotatable bonds is 14. The largest absolute Gasteiger partial charge is 0.300 e. The Morgan fingerprint density at radius 2 is 1.29 bits per heavy atom. The highest BCUT2D eigenvalue weighted by Gasteiger charge is 2.21. The fraction of sp³-hybridized carbons (Fsp3) is 1.00. The van der Waals surface area contributed by atoms with Crippen LogP contribution in [-0.4, -0.2) is 29.4 Å². The lowest BCUT2D eigenvalue weighted by molar-refractivity contribution is 0.206. The van der Waals surface area contributed by atoms with E-state index in [4.69, 9.17) is 0 Å². The van der Waals surface area contributed by atoms with Crippen molar-refractivity contribution in [3.8, 4) is 0 Å². The van der Waals surface area contributed by atoms with Crippen LogP contribution in [0, 0.1) is 0 Å². The maximum Gasteiger partial charge on any atom is 0.0159 e. The van der Waals surface area contributed by atoms with Crippen molar-refractivity contribution in [2.75, 3.05) is 18.4 Å². The molecule has 0 atom stereocenters. The molecule has 0 amide bonds. The van der Waals surface area contributed by atoms with Gasteiger partial charge in [0.2, 0.25) is 0 Å². The van der Waals surface area contributed by atoms with Crippen LogP contribution in [0.25, 0.3) is 0 Å². The predicted octanol–water partition coefficient (Wildman–Crippen LogP) is 6.55. The van der Waals surface area contributed by atoms with Crippen molar-refractivity contribution < 1.29 is 0 Å². The smallest absolute Gasteiger partial charge is 0.0159 e. The van der Waals surface area contributed by atoms with Crippen LogP contribution in [0.3, 0.4) is 0 Å². The molecule has 1 nitrogen and oxygen atoms in total. The molecule has 0 heterocycles. The minimum atomic E-state index is 0.904. The van der Waals surface area contributed by atoms with Gasteiger partial charge in [-0.1, -0.05) is 93.5 Å². The molecule has 0 saturated heterocycles. The van der Waals surface area contributed by atoms with E-state index in [9.17, 15) is 0 Å². The number of hydrogen-bond acceptors (Lipinski definition) is 1. The molecule has 0 radical (unpaired) electrons. The summed E-state index contributed by atoms with van der Waals surface area (Å²) in [5.41, 5.74) is 0. The molecule has 0 aromatic rings. The molecular formula is C19H38BrN. The van der Waals surface area contributed by atoms with Gasteiger partial charge in [0.05, 0.1) is 0 Å². The molecule has 0 aliphatic heterocycles. The van der Waals surface area contributed by atoms with Crippen LogP contribution in [0.1, 0.15) is 96.8 Å². The molecule has 21 heavy (non-hydrogen) atoms. The molecule has 0 N–H and O–H groups in total. The Morgan fingerprint density at radius 1 is 0.762 bits per heavy atom. The summed E-state index contributed by atoms with van der Waals surface area (Å²) < 4.78 is 0. The molecule has 1 aliphatic carbocycles. The van der Waals surface area contributed by atoms with E-state index in [1.165, 1.54) is 103 Å². The average Bonchev–Trinajstić information content (AvgIpc) is 3.02. The molecule has 0 bridgehead atoms. The Balaban J connectivity index is 1.91.